The summed E-state index contributed by atoms with van der Waals surface area (Å²) in [5.41, 5.74) is 0.203. The maximum Gasteiger partial charge on any atom is 0.410 e. The van der Waals surface area contributed by atoms with Crippen LogP contribution in [0.2, 0.25) is 0 Å². The van der Waals surface area contributed by atoms with Crippen LogP contribution in [-0.4, -0.2) is 44.6 Å². The SMILES string of the molecule is O=C(OCc1ccccc1)N1CC[C@]2(COS(=O)(=O)N2)C1. The van der Waals surface area contributed by atoms with E-state index in [0.717, 1.165) is 5.56 Å². The lowest BCUT2D eigenvalue weighted by Crippen LogP contribution is -2.46. The Labute approximate surface area is 123 Å². The molecule has 1 aromatic carbocycles. The topological polar surface area (TPSA) is 84.9 Å². The highest BCUT2D eigenvalue weighted by molar-refractivity contribution is 7.85. The summed E-state index contributed by atoms with van der Waals surface area (Å²) in [6, 6.07) is 9.38. The van der Waals surface area contributed by atoms with Crippen molar-refractivity contribution in [3.8, 4) is 0 Å². The summed E-state index contributed by atoms with van der Waals surface area (Å²) in [4.78, 5) is 13.5. The van der Waals surface area contributed by atoms with Gasteiger partial charge < -0.3 is 9.64 Å². The van der Waals surface area contributed by atoms with E-state index in [-0.39, 0.29) is 19.8 Å². The van der Waals surface area contributed by atoms with Crippen molar-refractivity contribution in [2.45, 2.75) is 18.6 Å². The van der Waals surface area contributed by atoms with Crippen molar-refractivity contribution in [3.05, 3.63) is 35.9 Å². The van der Waals surface area contributed by atoms with Gasteiger partial charge in [0.2, 0.25) is 0 Å². The second-order valence-corrected chi connectivity index (χ2v) is 6.66. The van der Waals surface area contributed by atoms with Crippen LogP contribution in [0, 0.1) is 0 Å². The molecule has 2 aliphatic rings. The maximum atomic E-state index is 12.0. The van der Waals surface area contributed by atoms with Crippen LogP contribution in [0.4, 0.5) is 4.79 Å². The van der Waals surface area contributed by atoms with Gasteiger partial charge in [0.1, 0.15) is 6.61 Å². The first kappa shape index (κ1) is 14.3. The quantitative estimate of drug-likeness (QED) is 0.866. The molecule has 114 valence electrons. The molecule has 1 amide bonds. The number of nitrogens with one attached hydrogen (secondary N) is 1. The highest BCUT2D eigenvalue weighted by atomic mass is 32.2. The van der Waals surface area contributed by atoms with E-state index in [4.69, 9.17) is 8.92 Å². The Morgan fingerprint density at radius 1 is 1.38 bits per heavy atom. The van der Waals surface area contributed by atoms with Crippen LogP contribution in [0.15, 0.2) is 30.3 Å². The molecule has 0 bridgehead atoms. The van der Waals surface area contributed by atoms with Gasteiger partial charge in [0.05, 0.1) is 12.1 Å². The Morgan fingerprint density at radius 2 is 2.14 bits per heavy atom. The van der Waals surface area contributed by atoms with Crippen LogP contribution >= 0.6 is 0 Å². The second-order valence-electron chi connectivity index (χ2n) is 5.31. The van der Waals surface area contributed by atoms with Crippen molar-refractivity contribution in [1.82, 2.24) is 9.62 Å². The number of benzene rings is 1. The molecule has 2 fully saturated rings. The number of nitrogens with zero attached hydrogens (tertiary/aromatic N) is 1. The van der Waals surface area contributed by atoms with Gasteiger partial charge >= 0.3 is 16.4 Å². The van der Waals surface area contributed by atoms with E-state index in [1.54, 1.807) is 0 Å². The molecule has 1 aromatic rings. The number of ether oxygens (including phenoxy) is 1. The van der Waals surface area contributed by atoms with E-state index < -0.39 is 21.9 Å². The van der Waals surface area contributed by atoms with Crippen molar-refractivity contribution in [3.63, 3.8) is 0 Å². The number of hydrogen-bond acceptors (Lipinski definition) is 5. The zero-order valence-electron chi connectivity index (χ0n) is 11.3. The third-order valence-corrected chi connectivity index (χ3v) is 4.76. The van der Waals surface area contributed by atoms with Crippen molar-refractivity contribution in [1.29, 1.82) is 0 Å². The molecule has 3 rings (SSSR count). The van der Waals surface area contributed by atoms with Crippen molar-refractivity contribution in [2.24, 2.45) is 0 Å². The van der Waals surface area contributed by atoms with E-state index >= 15 is 0 Å². The largest absolute Gasteiger partial charge is 0.445 e. The molecule has 2 heterocycles. The molecule has 0 aliphatic carbocycles. The lowest BCUT2D eigenvalue weighted by Gasteiger charge is -2.20. The Morgan fingerprint density at radius 3 is 2.81 bits per heavy atom. The van der Waals surface area contributed by atoms with Gasteiger partial charge in [0.15, 0.2) is 0 Å². The minimum Gasteiger partial charge on any atom is -0.445 e. The number of carbonyl (C=O) groups is 1. The van der Waals surface area contributed by atoms with Crippen molar-refractivity contribution >= 4 is 16.4 Å². The highest BCUT2D eigenvalue weighted by Gasteiger charge is 2.48. The first-order valence-corrected chi connectivity index (χ1v) is 8.03. The van der Waals surface area contributed by atoms with Gasteiger partial charge in [0.25, 0.3) is 0 Å². The molecule has 7 nitrogen and oxygen atoms in total. The normalized spacial score (nSPS) is 27.1. The Bertz CT molecular complexity index is 633. The molecule has 21 heavy (non-hydrogen) atoms. The average molecular weight is 312 g/mol. The second kappa shape index (κ2) is 5.28. The zero-order valence-corrected chi connectivity index (χ0v) is 12.1. The summed E-state index contributed by atoms with van der Waals surface area (Å²) >= 11 is 0. The van der Waals surface area contributed by atoms with Crippen LogP contribution in [-0.2, 0) is 25.8 Å². The monoisotopic (exact) mass is 312 g/mol. The third-order valence-electron chi connectivity index (χ3n) is 3.65. The molecular formula is C13H16N2O5S. The fourth-order valence-corrected chi connectivity index (χ4v) is 3.75. The minimum absolute atomic E-state index is 0.0534. The van der Waals surface area contributed by atoms with Crippen LogP contribution in [0.1, 0.15) is 12.0 Å². The summed E-state index contributed by atoms with van der Waals surface area (Å²) in [6.07, 6.45) is 0.0777. The molecule has 1 spiro atoms. The third kappa shape index (κ3) is 3.17. The Hall–Kier alpha value is -1.64. The molecule has 1 N–H and O–H groups in total. The molecule has 1 atom stereocenters. The van der Waals surface area contributed by atoms with Gasteiger partial charge in [0, 0.05) is 13.1 Å². The lowest BCUT2D eigenvalue weighted by molar-refractivity contribution is 0.101. The summed E-state index contributed by atoms with van der Waals surface area (Å²) < 4.78 is 35.0. The first-order valence-electron chi connectivity index (χ1n) is 6.62. The summed E-state index contributed by atoms with van der Waals surface area (Å²) in [7, 11) is -3.67. The molecule has 0 aromatic heterocycles. The van der Waals surface area contributed by atoms with Crippen molar-refractivity contribution in [2.75, 3.05) is 19.7 Å². The number of amides is 1. The minimum atomic E-state index is -3.67. The van der Waals surface area contributed by atoms with Crippen LogP contribution < -0.4 is 4.72 Å². The van der Waals surface area contributed by atoms with Crippen LogP contribution in [0.3, 0.4) is 0 Å². The van der Waals surface area contributed by atoms with E-state index in [2.05, 4.69) is 4.72 Å². The van der Waals surface area contributed by atoms with Crippen LogP contribution in [0.5, 0.6) is 0 Å². The Balaban J connectivity index is 1.55. The van der Waals surface area contributed by atoms with Gasteiger partial charge in [-0.05, 0) is 12.0 Å². The van der Waals surface area contributed by atoms with Gasteiger partial charge in [-0.3, -0.25) is 4.18 Å². The predicted molar refractivity (Wildman–Crippen MR) is 73.6 cm³/mol. The summed E-state index contributed by atoms with van der Waals surface area (Å²) in [6.45, 7) is 0.961. The number of hydrogen-bond donors (Lipinski definition) is 1. The average Bonchev–Trinajstić information content (AvgIpc) is 3.01. The molecule has 2 aliphatic heterocycles. The number of rotatable bonds is 2. The molecular weight excluding hydrogens is 296 g/mol. The lowest BCUT2D eigenvalue weighted by atomic mass is 10.0. The molecule has 0 saturated carbocycles. The molecule has 8 heteroatoms. The molecule has 0 unspecified atom stereocenters. The first-order chi connectivity index (χ1) is 9.98. The Kier molecular flexibility index (Phi) is 3.60. The van der Waals surface area contributed by atoms with E-state index in [1.807, 2.05) is 30.3 Å². The summed E-state index contributed by atoms with van der Waals surface area (Å²) in [5.74, 6) is 0. The van der Waals surface area contributed by atoms with Gasteiger partial charge in [-0.1, -0.05) is 30.3 Å². The van der Waals surface area contributed by atoms with E-state index in [0.29, 0.717) is 13.0 Å². The van der Waals surface area contributed by atoms with Gasteiger partial charge in [-0.25, -0.2) is 4.79 Å². The smallest absolute Gasteiger partial charge is 0.410 e. The van der Waals surface area contributed by atoms with Gasteiger partial charge in [-0.2, -0.15) is 13.1 Å². The fraction of sp³-hybridized carbons (Fsp3) is 0.462. The highest BCUT2D eigenvalue weighted by Crippen LogP contribution is 2.28. The maximum absolute atomic E-state index is 12.0. The number of likely N-dealkylation sites (tertiary alicyclic amines) is 1. The van der Waals surface area contributed by atoms with E-state index in [1.165, 1.54) is 4.90 Å². The number of carbonyl (C=O) groups excluding carboxylic acids is 1. The standard InChI is InChI=1S/C13H16N2O5S/c16-12(19-8-11-4-2-1-3-5-11)15-7-6-13(9-15)10-20-21(17,18)14-13/h1-5,14H,6-10H2/t13-/m1/s1. The van der Waals surface area contributed by atoms with E-state index in [9.17, 15) is 13.2 Å². The fourth-order valence-electron chi connectivity index (χ4n) is 2.55. The summed E-state index contributed by atoms with van der Waals surface area (Å²) in [5, 5.41) is 0. The molecule has 2 saturated heterocycles. The zero-order chi connectivity index (χ0) is 14.9. The van der Waals surface area contributed by atoms with Gasteiger partial charge in [-0.15, -0.1) is 0 Å². The molecule has 0 radical (unpaired) electrons. The van der Waals surface area contributed by atoms with Crippen molar-refractivity contribution < 1.29 is 22.1 Å². The predicted octanol–water partition coefficient (Wildman–Crippen LogP) is 0.632. The van der Waals surface area contributed by atoms with Crippen LogP contribution in [0.25, 0.3) is 0 Å².